The summed E-state index contributed by atoms with van der Waals surface area (Å²) < 4.78 is 10.3. The van der Waals surface area contributed by atoms with E-state index in [-0.39, 0.29) is 5.78 Å². The Bertz CT molecular complexity index is 680. The molecule has 0 aromatic heterocycles. The molecule has 6 nitrogen and oxygen atoms in total. The summed E-state index contributed by atoms with van der Waals surface area (Å²) in [6.07, 6.45) is 1.70. The van der Waals surface area contributed by atoms with Crippen LogP contribution in [0.3, 0.4) is 0 Å². The van der Waals surface area contributed by atoms with E-state index in [0.717, 1.165) is 5.56 Å². The maximum atomic E-state index is 12.7. The molecule has 2 rings (SSSR count). The number of benzene rings is 1. The second kappa shape index (κ2) is 8.55. The lowest BCUT2D eigenvalue weighted by Crippen LogP contribution is -2.55. The third-order valence-corrected chi connectivity index (χ3v) is 4.87. The van der Waals surface area contributed by atoms with Gasteiger partial charge in [-0.05, 0) is 52.0 Å². The van der Waals surface area contributed by atoms with Crippen molar-refractivity contribution in [3.63, 3.8) is 0 Å². The predicted molar refractivity (Wildman–Crippen MR) is 101 cm³/mol. The van der Waals surface area contributed by atoms with Crippen LogP contribution in [0.1, 0.15) is 52.0 Å². The van der Waals surface area contributed by atoms with Gasteiger partial charge in [0.15, 0.2) is 5.78 Å². The number of hydrogen-bond donors (Lipinski definition) is 1. The lowest BCUT2D eigenvalue weighted by atomic mass is 9.75. The average molecular weight is 375 g/mol. The molecule has 0 saturated heterocycles. The van der Waals surface area contributed by atoms with Crippen LogP contribution in [-0.2, 0) is 25.5 Å². The number of alkyl carbamates (subject to hydrolysis) is 1. The van der Waals surface area contributed by atoms with Crippen LogP contribution >= 0.6 is 0 Å². The molecule has 1 N–H and O–H groups in total. The minimum atomic E-state index is -1.35. The lowest BCUT2D eigenvalue weighted by molar-refractivity contribution is -0.158. The molecule has 1 fully saturated rings. The number of methoxy groups -OCH3 is 1. The molecule has 2 atom stereocenters. The first-order valence-electron chi connectivity index (χ1n) is 9.34. The van der Waals surface area contributed by atoms with Gasteiger partial charge in [-0.25, -0.2) is 4.79 Å². The van der Waals surface area contributed by atoms with Gasteiger partial charge in [-0.2, -0.15) is 0 Å². The number of carbonyl (C=O) groups excluding carboxylic acids is 3. The summed E-state index contributed by atoms with van der Waals surface area (Å²) in [4.78, 5) is 37.8. The van der Waals surface area contributed by atoms with E-state index in [1.54, 1.807) is 20.8 Å². The number of Topliss-reactive ketones (excluding diaryl/α,β-unsaturated/α-hetero) is 1. The van der Waals surface area contributed by atoms with Gasteiger partial charge in [0.05, 0.1) is 13.2 Å². The van der Waals surface area contributed by atoms with Crippen molar-refractivity contribution in [2.75, 3.05) is 7.11 Å². The molecule has 0 spiro atoms. The number of hydrogen-bond acceptors (Lipinski definition) is 5. The Morgan fingerprint density at radius 1 is 1.22 bits per heavy atom. The molecule has 6 heteroatoms. The van der Waals surface area contributed by atoms with Gasteiger partial charge in [0.1, 0.15) is 11.0 Å². The van der Waals surface area contributed by atoms with Crippen molar-refractivity contribution in [3.05, 3.63) is 35.9 Å². The maximum Gasteiger partial charge on any atom is 0.407 e. The Balaban J connectivity index is 2.28. The molecule has 0 radical (unpaired) electrons. The highest BCUT2D eigenvalue weighted by atomic mass is 16.6. The normalized spacial score (nSPS) is 20.8. The topological polar surface area (TPSA) is 81.7 Å². The predicted octanol–water partition coefficient (Wildman–Crippen LogP) is 3.42. The lowest BCUT2D eigenvalue weighted by Gasteiger charge is -2.34. The van der Waals surface area contributed by atoms with Crippen LogP contribution in [0.2, 0.25) is 0 Å². The van der Waals surface area contributed by atoms with Crippen molar-refractivity contribution in [3.8, 4) is 0 Å². The minimum Gasteiger partial charge on any atom is -0.468 e. The Morgan fingerprint density at radius 2 is 1.89 bits per heavy atom. The fourth-order valence-electron chi connectivity index (χ4n) is 3.65. The molecule has 1 saturated carbocycles. The fourth-order valence-corrected chi connectivity index (χ4v) is 3.65. The first-order chi connectivity index (χ1) is 12.7. The van der Waals surface area contributed by atoms with Crippen LogP contribution in [0.5, 0.6) is 0 Å². The summed E-state index contributed by atoms with van der Waals surface area (Å²) in [5.41, 5.74) is -0.953. The molecular weight excluding hydrogens is 346 g/mol. The summed E-state index contributed by atoms with van der Waals surface area (Å²) >= 11 is 0. The first kappa shape index (κ1) is 20.9. The van der Waals surface area contributed by atoms with Crippen molar-refractivity contribution >= 4 is 17.8 Å². The van der Waals surface area contributed by atoms with E-state index in [4.69, 9.17) is 9.47 Å². The van der Waals surface area contributed by atoms with E-state index in [1.807, 2.05) is 30.3 Å². The van der Waals surface area contributed by atoms with E-state index in [0.29, 0.717) is 32.1 Å². The number of ether oxygens (including phenoxy) is 2. The van der Waals surface area contributed by atoms with E-state index in [1.165, 1.54) is 7.11 Å². The standard InChI is InChI=1S/C21H29NO5/c1-20(2,3)27-19(25)22-16(13-12-15-9-6-5-7-10-15)21(18(24)26-4)14-8-11-17(21)23/h5-7,9-10,16H,8,11-14H2,1-4H3,(H,22,25)/t16-,21+/m0/s1. The minimum absolute atomic E-state index is 0.177. The number of amides is 1. The average Bonchev–Trinajstić information content (AvgIpc) is 2.99. The SMILES string of the molecule is COC(=O)[C@@]1([C@H](CCc2ccccc2)NC(=O)OC(C)(C)C)CCCC1=O. The fraction of sp³-hybridized carbons (Fsp3) is 0.571. The van der Waals surface area contributed by atoms with Crippen LogP contribution < -0.4 is 5.32 Å². The van der Waals surface area contributed by atoms with Gasteiger partial charge in [0.25, 0.3) is 0 Å². The summed E-state index contributed by atoms with van der Waals surface area (Å²) in [5.74, 6) is -0.761. The van der Waals surface area contributed by atoms with Gasteiger partial charge in [-0.15, -0.1) is 0 Å². The largest absolute Gasteiger partial charge is 0.468 e. The van der Waals surface area contributed by atoms with Gasteiger partial charge in [-0.1, -0.05) is 30.3 Å². The third-order valence-electron chi connectivity index (χ3n) is 4.87. The van der Waals surface area contributed by atoms with Gasteiger partial charge in [-0.3, -0.25) is 9.59 Å². The first-order valence-corrected chi connectivity index (χ1v) is 9.34. The highest BCUT2D eigenvalue weighted by Crippen LogP contribution is 2.41. The van der Waals surface area contributed by atoms with Crippen LogP contribution in [-0.4, -0.2) is 36.6 Å². The van der Waals surface area contributed by atoms with Crippen molar-refractivity contribution in [2.24, 2.45) is 5.41 Å². The number of carbonyl (C=O) groups is 3. The van der Waals surface area contributed by atoms with Gasteiger partial charge >= 0.3 is 12.1 Å². The smallest absolute Gasteiger partial charge is 0.407 e. The molecular formula is C21H29NO5. The van der Waals surface area contributed by atoms with Crippen LogP contribution in [0, 0.1) is 5.41 Å². The Morgan fingerprint density at radius 3 is 2.41 bits per heavy atom. The summed E-state index contributed by atoms with van der Waals surface area (Å²) in [6, 6.07) is 9.06. The molecule has 27 heavy (non-hydrogen) atoms. The highest BCUT2D eigenvalue weighted by molar-refractivity contribution is 6.06. The summed E-state index contributed by atoms with van der Waals surface area (Å²) in [6.45, 7) is 5.30. The van der Waals surface area contributed by atoms with Crippen molar-refractivity contribution < 1.29 is 23.9 Å². The van der Waals surface area contributed by atoms with Gasteiger partial charge in [0, 0.05) is 6.42 Å². The second-order valence-corrected chi connectivity index (χ2v) is 7.96. The van der Waals surface area contributed by atoms with Crippen LogP contribution in [0.4, 0.5) is 4.79 Å². The Labute approximate surface area is 160 Å². The van der Waals surface area contributed by atoms with Gasteiger partial charge in [0.2, 0.25) is 0 Å². The zero-order valence-corrected chi connectivity index (χ0v) is 16.5. The number of nitrogens with one attached hydrogen (secondary N) is 1. The highest BCUT2D eigenvalue weighted by Gasteiger charge is 2.55. The molecule has 0 aliphatic heterocycles. The maximum absolute atomic E-state index is 12.7. The number of aryl methyl sites for hydroxylation is 1. The third kappa shape index (κ3) is 5.08. The molecule has 0 bridgehead atoms. The van der Waals surface area contributed by atoms with Crippen molar-refractivity contribution in [2.45, 2.75) is 64.5 Å². The van der Waals surface area contributed by atoms with Crippen molar-refractivity contribution in [1.82, 2.24) is 5.32 Å². The van der Waals surface area contributed by atoms with Crippen molar-refractivity contribution in [1.29, 1.82) is 0 Å². The number of ketones is 1. The Kier molecular flexibility index (Phi) is 6.63. The van der Waals surface area contributed by atoms with Crippen LogP contribution in [0.15, 0.2) is 30.3 Å². The molecule has 1 amide bonds. The van der Waals surface area contributed by atoms with Gasteiger partial charge < -0.3 is 14.8 Å². The zero-order valence-electron chi connectivity index (χ0n) is 16.5. The number of esters is 1. The molecule has 0 unspecified atom stereocenters. The van der Waals surface area contributed by atoms with E-state index < -0.39 is 29.1 Å². The zero-order chi connectivity index (χ0) is 20.1. The van der Waals surface area contributed by atoms with Crippen LogP contribution in [0.25, 0.3) is 0 Å². The monoisotopic (exact) mass is 375 g/mol. The molecule has 148 valence electrons. The Hall–Kier alpha value is -2.37. The number of rotatable bonds is 6. The molecule has 1 aliphatic carbocycles. The van der Waals surface area contributed by atoms with E-state index in [2.05, 4.69) is 5.32 Å². The van der Waals surface area contributed by atoms with E-state index in [9.17, 15) is 14.4 Å². The molecule has 1 aliphatic rings. The molecule has 1 aromatic rings. The second-order valence-electron chi connectivity index (χ2n) is 7.96. The molecule has 0 heterocycles. The quantitative estimate of drug-likeness (QED) is 0.608. The molecule has 1 aromatic carbocycles. The summed E-state index contributed by atoms with van der Waals surface area (Å²) in [5, 5.41) is 2.79. The van der Waals surface area contributed by atoms with E-state index >= 15 is 0 Å². The summed E-state index contributed by atoms with van der Waals surface area (Å²) in [7, 11) is 1.28.